The lowest BCUT2D eigenvalue weighted by Crippen LogP contribution is -2.55. The van der Waals surface area contributed by atoms with Gasteiger partial charge in [0.25, 0.3) is 0 Å². The molecular formula is C24H43N6O7+. The van der Waals surface area contributed by atoms with Gasteiger partial charge in [-0.3, -0.25) is 24.0 Å². The summed E-state index contributed by atoms with van der Waals surface area (Å²) < 4.78 is 5.45. The lowest BCUT2D eigenvalue weighted by molar-refractivity contribution is -0.888. The first-order valence-electron chi connectivity index (χ1n) is 12.2. The highest BCUT2D eigenvalue weighted by Crippen LogP contribution is 2.07. The van der Waals surface area contributed by atoms with Crippen LogP contribution in [0.25, 0.3) is 0 Å². The summed E-state index contributed by atoms with van der Waals surface area (Å²) in [5, 5.41) is 12.2. The SMILES string of the molecule is C=CC(=O)NCC(=O)NCC(=O)N[C@@H](C)C(=O)N[C@@H](CCCC[N+](C)(C)CC)C(=O)N[C@@H](C)C(=O)OC. The molecular weight excluding hydrogens is 484 g/mol. The van der Waals surface area contributed by atoms with Crippen LogP contribution in [0.2, 0.25) is 0 Å². The number of quaternary nitrogens is 1. The molecule has 0 spiro atoms. The molecule has 0 aromatic carbocycles. The first-order chi connectivity index (χ1) is 17.3. The van der Waals surface area contributed by atoms with Crippen LogP contribution in [0.1, 0.15) is 40.0 Å². The molecule has 37 heavy (non-hydrogen) atoms. The lowest BCUT2D eigenvalue weighted by Gasteiger charge is -2.28. The van der Waals surface area contributed by atoms with Crippen molar-refractivity contribution in [1.29, 1.82) is 0 Å². The Balaban J connectivity index is 4.96. The normalized spacial score (nSPS) is 13.2. The summed E-state index contributed by atoms with van der Waals surface area (Å²) in [7, 11) is 5.42. The van der Waals surface area contributed by atoms with E-state index in [0.29, 0.717) is 12.8 Å². The number of carbonyl (C=O) groups is 6. The molecule has 5 amide bonds. The smallest absolute Gasteiger partial charge is 0.328 e. The summed E-state index contributed by atoms with van der Waals surface area (Å²) in [6, 6.07) is -2.83. The van der Waals surface area contributed by atoms with Crippen molar-refractivity contribution in [3.63, 3.8) is 0 Å². The van der Waals surface area contributed by atoms with Crippen molar-refractivity contribution in [2.45, 2.75) is 58.2 Å². The van der Waals surface area contributed by atoms with E-state index in [4.69, 9.17) is 0 Å². The maximum Gasteiger partial charge on any atom is 0.328 e. The van der Waals surface area contributed by atoms with E-state index < -0.39 is 60.2 Å². The van der Waals surface area contributed by atoms with Gasteiger partial charge in [-0.2, -0.15) is 0 Å². The molecule has 13 heteroatoms. The molecule has 0 rings (SSSR count). The zero-order chi connectivity index (χ0) is 28.6. The van der Waals surface area contributed by atoms with Crippen molar-refractivity contribution in [3.05, 3.63) is 12.7 Å². The Morgan fingerprint density at radius 2 is 1.49 bits per heavy atom. The van der Waals surface area contributed by atoms with Crippen LogP contribution in [0.4, 0.5) is 0 Å². The quantitative estimate of drug-likeness (QED) is 0.0652. The number of esters is 1. The molecule has 0 fully saturated rings. The predicted molar refractivity (Wildman–Crippen MR) is 137 cm³/mol. The van der Waals surface area contributed by atoms with Gasteiger partial charge in [-0.25, -0.2) is 4.79 Å². The molecule has 0 aliphatic rings. The molecule has 0 aromatic rings. The Morgan fingerprint density at radius 3 is 2.05 bits per heavy atom. The summed E-state index contributed by atoms with van der Waals surface area (Å²) in [4.78, 5) is 72.1. The molecule has 3 atom stereocenters. The summed E-state index contributed by atoms with van der Waals surface area (Å²) in [6.07, 6.45) is 2.82. The van der Waals surface area contributed by atoms with Crippen molar-refractivity contribution in [3.8, 4) is 0 Å². The fraction of sp³-hybridized carbons (Fsp3) is 0.667. The zero-order valence-electron chi connectivity index (χ0n) is 22.8. The van der Waals surface area contributed by atoms with Gasteiger partial charge in [0.15, 0.2) is 0 Å². The molecule has 0 heterocycles. The number of ether oxygens (including phenoxy) is 1. The Bertz CT molecular complexity index is 830. The molecule has 0 saturated heterocycles. The van der Waals surface area contributed by atoms with E-state index in [9.17, 15) is 28.8 Å². The van der Waals surface area contributed by atoms with Crippen LogP contribution in [0.3, 0.4) is 0 Å². The molecule has 0 saturated carbocycles. The first-order valence-corrected chi connectivity index (χ1v) is 12.2. The third-order valence-corrected chi connectivity index (χ3v) is 5.73. The number of methoxy groups -OCH3 is 1. The van der Waals surface area contributed by atoms with Crippen LogP contribution >= 0.6 is 0 Å². The molecule has 0 aliphatic heterocycles. The van der Waals surface area contributed by atoms with Gasteiger partial charge in [-0.1, -0.05) is 6.58 Å². The average Bonchev–Trinajstić information content (AvgIpc) is 2.86. The second-order valence-corrected chi connectivity index (χ2v) is 9.27. The van der Waals surface area contributed by atoms with Gasteiger partial charge < -0.3 is 35.8 Å². The summed E-state index contributed by atoms with van der Waals surface area (Å²) >= 11 is 0. The van der Waals surface area contributed by atoms with Crippen LogP contribution in [-0.2, 0) is 33.5 Å². The minimum absolute atomic E-state index is 0.330. The lowest BCUT2D eigenvalue weighted by atomic mass is 10.1. The zero-order valence-corrected chi connectivity index (χ0v) is 22.8. The molecule has 13 nitrogen and oxygen atoms in total. The van der Waals surface area contributed by atoms with E-state index in [1.807, 2.05) is 0 Å². The van der Waals surface area contributed by atoms with E-state index in [1.54, 1.807) is 0 Å². The van der Waals surface area contributed by atoms with Crippen molar-refractivity contribution >= 4 is 35.5 Å². The maximum atomic E-state index is 12.8. The molecule has 0 radical (unpaired) electrons. The van der Waals surface area contributed by atoms with E-state index in [-0.39, 0.29) is 6.54 Å². The summed E-state index contributed by atoms with van der Waals surface area (Å²) in [5.74, 6) is -3.52. The van der Waals surface area contributed by atoms with Gasteiger partial charge >= 0.3 is 5.97 Å². The summed E-state index contributed by atoms with van der Waals surface area (Å²) in [5.41, 5.74) is 0. The number of unbranched alkanes of at least 4 members (excludes halogenated alkanes) is 1. The monoisotopic (exact) mass is 527 g/mol. The average molecular weight is 528 g/mol. The van der Waals surface area contributed by atoms with Gasteiger partial charge in [0.05, 0.1) is 47.4 Å². The van der Waals surface area contributed by atoms with Gasteiger partial charge in [-0.15, -0.1) is 0 Å². The Morgan fingerprint density at radius 1 is 0.865 bits per heavy atom. The fourth-order valence-corrected chi connectivity index (χ4v) is 3.00. The number of nitrogens with one attached hydrogen (secondary N) is 5. The Hall–Kier alpha value is -3.48. The van der Waals surface area contributed by atoms with Crippen LogP contribution in [0, 0.1) is 0 Å². The van der Waals surface area contributed by atoms with Crippen molar-refractivity contribution in [2.24, 2.45) is 0 Å². The number of nitrogens with zero attached hydrogens (tertiary/aromatic N) is 1. The second-order valence-electron chi connectivity index (χ2n) is 9.27. The number of hydrogen-bond donors (Lipinski definition) is 5. The van der Waals surface area contributed by atoms with E-state index in [0.717, 1.165) is 30.1 Å². The highest BCUT2D eigenvalue weighted by molar-refractivity contribution is 5.94. The fourth-order valence-electron chi connectivity index (χ4n) is 3.00. The highest BCUT2D eigenvalue weighted by Gasteiger charge is 2.27. The van der Waals surface area contributed by atoms with Crippen LogP contribution in [0.15, 0.2) is 12.7 Å². The standard InChI is InChI=1S/C24H42N6O7/c1-8-19(31)25-14-20(32)26-15-21(33)27-16(3)22(34)29-18(12-10-11-13-30(5,6)9-2)23(35)28-17(4)24(36)37-7/h8,16-18H,1,9-15H2,2-7H3,(H4-,25,26,27,28,29,31,32,33,34,35)/p+1/t16-,17-,18-/m0/s1. The maximum absolute atomic E-state index is 12.8. The Kier molecular flexibility index (Phi) is 15.5. The molecule has 0 bridgehead atoms. The van der Waals surface area contributed by atoms with Crippen molar-refractivity contribution < 1.29 is 38.0 Å². The number of carbonyl (C=O) groups excluding carboxylic acids is 6. The topological polar surface area (TPSA) is 172 Å². The van der Waals surface area contributed by atoms with Crippen LogP contribution in [-0.4, -0.2) is 105 Å². The summed E-state index contributed by atoms with van der Waals surface area (Å²) in [6.45, 7) is 9.38. The molecule has 0 aliphatic carbocycles. The Labute approximate surface area is 218 Å². The van der Waals surface area contributed by atoms with Crippen molar-refractivity contribution in [2.75, 3.05) is 47.4 Å². The second kappa shape index (κ2) is 17.1. The van der Waals surface area contributed by atoms with E-state index >= 15 is 0 Å². The van der Waals surface area contributed by atoms with Gasteiger partial charge in [0.2, 0.25) is 29.5 Å². The first kappa shape index (κ1) is 33.5. The molecule has 0 unspecified atom stereocenters. The molecule has 0 aromatic heterocycles. The highest BCUT2D eigenvalue weighted by atomic mass is 16.5. The molecule has 5 N–H and O–H groups in total. The van der Waals surface area contributed by atoms with Crippen LogP contribution < -0.4 is 26.6 Å². The number of rotatable bonds is 17. The third kappa shape index (κ3) is 14.6. The third-order valence-electron chi connectivity index (χ3n) is 5.73. The number of amides is 5. The number of hydrogen-bond acceptors (Lipinski definition) is 7. The van der Waals surface area contributed by atoms with E-state index in [2.05, 4.69) is 58.9 Å². The minimum atomic E-state index is -1.01. The van der Waals surface area contributed by atoms with Gasteiger partial charge in [0, 0.05) is 0 Å². The van der Waals surface area contributed by atoms with Crippen LogP contribution in [0.5, 0.6) is 0 Å². The predicted octanol–water partition coefficient (Wildman–Crippen LogP) is -1.66. The van der Waals surface area contributed by atoms with Gasteiger partial charge in [0.1, 0.15) is 18.1 Å². The largest absolute Gasteiger partial charge is 0.467 e. The van der Waals surface area contributed by atoms with E-state index in [1.165, 1.54) is 21.0 Å². The minimum Gasteiger partial charge on any atom is -0.467 e. The molecule has 210 valence electrons. The van der Waals surface area contributed by atoms with Gasteiger partial charge in [-0.05, 0) is 46.1 Å². The van der Waals surface area contributed by atoms with Crippen molar-refractivity contribution in [1.82, 2.24) is 26.6 Å².